The summed E-state index contributed by atoms with van der Waals surface area (Å²) in [5.74, 6) is -0.178. The normalized spacial score (nSPS) is 11.3. The molecule has 4 rings (SSSR count). The van der Waals surface area contributed by atoms with Crippen LogP contribution in [0.5, 0.6) is 0 Å². The standard InChI is InChI=1S/C30H30N2O3S/c1-4-24-19-23(11-17-29(24)32-30(33)26-8-6-5-7-9-26)20-31-36(34,35)28-15-13-25(14-16-28)27-12-10-21(2)22(3)18-27/h5-19,31H,4,20H2,1-3H3,(H,32,33). The zero-order chi connectivity index (χ0) is 25.7. The molecule has 0 unspecified atom stereocenters. The molecule has 0 aromatic heterocycles. The van der Waals surface area contributed by atoms with Crippen molar-refractivity contribution in [3.8, 4) is 11.1 Å². The first-order valence-electron chi connectivity index (χ1n) is 11.9. The fourth-order valence-corrected chi connectivity index (χ4v) is 4.98. The van der Waals surface area contributed by atoms with Gasteiger partial charge in [-0.05, 0) is 84.0 Å². The summed E-state index contributed by atoms with van der Waals surface area (Å²) in [7, 11) is -3.68. The molecule has 0 radical (unpaired) electrons. The molecule has 1 amide bonds. The SMILES string of the molecule is CCc1cc(CNS(=O)(=O)c2ccc(-c3ccc(C)c(C)c3)cc2)ccc1NC(=O)c1ccccc1. The minimum atomic E-state index is -3.68. The van der Waals surface area contributed by atoms with E-state index in [9.17, 15) is 13.2 Å². The van der Waals surface area contributed by atoms with Crippen molar-refractivity contribution < 1.29 is 13.2 Å². The Kier molecular flexibility index (Phi) is 7.67. The predicted octanol–water partition coefficient (Wildman–Crippen LogP) is 6.26. The highest BCUT2D eigenvalue weighted by atomic mass is 32.2. The van der Waals surface area contributed by atoms with E-state index < -0.39 is 10.0 Å². The lowest BCUT2D eigenvalue weighted by atomic mass is 10.0. The third-order valence-electron chi connectivity index (χ3n) is 6.31. The second kappa shape index (κ2) is 10.9. The van der Waals surface area contributed by atoms with Gasteiger partial charge in [-0.3, -0.25) is 4.79 Å². The van der Waals surface area contributed by atoms with Gasteiger partial charge >= 0.3 is 0 Å². The average molecular weight is 499 g/mol. The molecule has 6 heteroatoms. The summed E-state index contributed by atoms with van der Waals surface area (Å²) in [4.78, 5) is 12.7. The molecule has 0 aliphatic carbocycles. The van der Waals surface area contributed by atoms with E-state index >= 15 is 0 Å². The lowest BCUT2D eigenvalue weighted by Gasteiger charge is -2.13. The molecule has 4 aromatic carbocycles. The van der Waals surface area contributed by atoms with E-state index in [2.05, 4.69) is 36.0 Å². The molecule has 0 fully saturated rings. The van der Waals surface area contributed by atoms with Gasteiger partial charge in [0.2, 0.25) is 10.0 Å². The number of amides is 1. The summed E-state index contributed by atoms with van der Waals surface area (Å²) < 4.78 is 28.5. The van der Waals surface area contributed by atoms with Crippen molar-refractivity contribution in [3.05, 3.63) is 119 Å². The van der Waals surface area contributed by atoms with Crippen LogP contribution in [-0.4, -0.2) is 14.3 Å². The summed E-state index contributed by atoms with van der Waals surface area (Å²) in [6.45, 7) is 6.28. The van der Waals surface area contributed by atoms with Crippen LogP contribution >= 0.6 is 0 Å². The van der Waals surface area contributed by atoms with Crippen molar-refractivity contribution in [2.24, 2.45) is 0 Å². The molecule has 5 nitrogen and oxygen atoms in total. The van der Waals surface area contributed by atoms with E-state index in [4.69, 9.17) is 0 Å². The van der Waals surface area contributed by atoms with Gasteiger partial charge in [-0.25, -0.2) is 13.1 Å². The number of anilines is 1. The molecule has 0 saturated carbocycles. The second-order valence-electron chi connectivity index (χ2n) is 8.81. The number of sulfonamides is 1. The van der Waals surface area contributed by atoms with Crippen molar-refractivity contribution in [1.82, 2.24) is 4.72 Å². The van der Waals surface area contributed by atoms with Gasteiger partial charge < -0.3 is 5.32 Å². The lowest BCUT2D eigenvalue weighted by Crippen LogP contribution is -2.23. The van der Waals surface area contributed by atoms with E-state index in [0.29, 0.717) is 12.0 Å². The fraction of sp³-hybridized carbons (Fsp3) is 0.167. The first-order valence-corrected chi connectivity index (χ1v) is 13.4. The third kappa shape index (κ3) is 5.90. The lowest BCUT2D eigenvalue weighted by molar-refractivity contribution is 0.102. The molecule has 0 atom stereocenters. The molecule has 0 aliphatic heterocycles. The number of hydrogen-bond donors (Lipinski definition) is 2. The Balaban J connectivity index is 1.44. The first-order chi connectivity index (χ1) is 17.3. The second-order valence-corrected chi connectivity index (χ2v) is 10.6. The quantitative estimate of drug-likeness (QED) is 0.301. The van der Waals surface area contributed by atoms with E-state index in [0.717, 1.165) is 27.9 Å². The van der Waals surface area contributed by atoms with E-state index in [-0.39, 0.29) is 17.3 Å². The van der Waals surface area contributed by atoms with Crippen LogP contribution < -0.4 is 10.0 Å². The number of rotatable bonds is 8. The van der Waals surface area contributed by atoms with Crippen LogP contribution in [0.15, 0.2) is 95.9 Å². The Bertz CT molecular complexity index is 1480. The largest absolute Gasteiger partial charge is 0.322 e. The van der Waals surface area contributed by atoms with Gasteiger partial charge in [0.25, 0.3) is 5.91 Å². The van der Waals surface area contributed by atoms with Crippen LogP contribution in [0.25, 0.3) is 11.1 Å². The van der Waals surface area contributed by atoms with E-state index in [1.807, 2.05) is 61.5 Å². The number of hydrogen-bond acceptors (Lipinski definition) is 3. The maximum Gasteiger partial charge on any atom is 0.255 e. The van der Waals surface area contributed by atoms with Gasteiger partial charge in [-0.1, -0.05) is 67.6 Å². The van der Waals surface area contributed by atoms with Crippen LogP contribution in [0.3, 0.4) is 0 Å². The summed E-state index contributed by atoms with van der Waals surface area (Å²) in [6.07, 6.45) is 0.699. The Labute approximate surface area is 213 Å². The molecule has 0 heterocycles. The molecule has 0 bridgehead atoms. The average Bonchev–Trinajstić information content (AvgIpc) is 2.90. The highest BCUT2D eigenvalue weighted by Crippen LogP contribution is 2.24. The number of carbonyl (C=O) groups excluding carboxylic acids is 1. The van der Waals surface area contributed by atoms with E-state index in [1.54, 1.807) is 24.3 Å². The number of benzene rings is 4. The topological polar surface area (TPSA) is 75.3 Å². The molecule has 2 N–H and O–H groups in total. The number of nitrogens with one attached hydrogen (secondary N) is 2. The van der Waals surface area contributed by atoms with Crippen molar-refractivity contribution in [2.75, 3.05) is 5.32 Å². The maximum absolute atomic E-state index is 12.9. The van der Waals surface area contributed by atoms with Crippen LogP contribution in [0.1, 0.15) is 39.5 Å². The summed E-state index contributed by atoms with van der Waals surface area (Å²) in [5.41, 5.74) is 7.51. The highest BCUT2D eigenvalue weighted by Gasteiger charge is 2.15. The predicted molar refractivity (Wildman–Crippen MR) is 146 cm³/mol. The number of aryl methyl sites for hydroxylation is 3. The number of carbonyl (C=O) groups is 1. The van der Waals surface area contributed by atoms with Crippen LogP contribution in [0.2, 0.25) is 0 Å². The Morgan fingerprint density at radius 3 is 2.14 bits per heavy atom. The molecular weight excluding hydrogens is 468 g/mol. The van der Waals surface area contributed by atoms with Crippen molar-refractivity contribution in [2.45, 2.75) is 38.6 Å². The van der Waals surface area contributed by atoms with Gasteiger partial charge in [-0.15, -0.1) is 0 Å². The van der Waals surface area contributed by atoms with Crippen LogP contribution in [-0.2, 0) is 23.0 Å². The van der Waals surface area contributed by atoms with Gasteiger partial charge in [0, 0.05) is 17.8 Å². The maximum atomic E-state index is 12.9. The summed E-state index contributed by atoms with van der Waals surface area (Å²) in [6, 6.07) is 27.7. The van der Waals surface area contributed by atoms with Gasteiger partial charge in [0.05, 0.1) is 4.90 Å². The zero-order valence-corrected chi connectivity index (χ0v) is 21.5. The Morgan fingerprint density at radius 2 is 1.47 bits per heavy atom. The highest BCUT2D eigenvalue weighted by molar-refractivity contribution is 7.89. The first kappa shape index (κ1) is 25.4. The minimum absolute atomic E-state index is 0.154. The molecule has 0 saturated heterocycles. The Hall–Kier alpha value is -3.74. The van der Waals surface area contributed by atoms with Crippen LogP contribution in [0, 0.1) is 13.8 Å². The van der Waals surface area contributed by atoms with Crippen LogP contribution in [0.4, 0.5) is 5.69 Å². The monoisotopic (exact) mass is 498 g/mol. The van der Waals surface area contributed by atoms with Crippen molar-refractivity contribution in [3.63, 3.8) is 0 Å². The van der Waals surface area contributed by atoms with E-state index in [1.165, 1.54) is 11.1 Å². The molecular formula is C30H30N2O3S. The van der Waals surface area contributed by atoms with Crippen molar-refractivity contribution >= 4 is 21.6 Å². The summed E-state index contributed by atoms with van der Waals surface area (Å²) >= 11 is 0. The van der Waals surface area contributed by atoms with Gasteiger partial charge in [0.1, 0.15) is 0 Å². The van der Waals surface area contributed by atoms with Gasteiger partial charge in [-0.2, -0.15) is 0 Å². The molecule has 184 valence electrons. The Morgan fingerprint density at radius 1 is 0.778 bits per heavy atom. The zero-order valence-electron chi connectivity index (χ0n) is 20.7. The van der Waals surface area contributed by atoms with Crippen molar-refractivity contribution in [1.29, 1.82) is 0 Å². The fourth-order valence-electron chi connectivity index (χ4n) is 3.96. The summed E-state index contributed by atoms with van der Waals surface area (Å²) in [5, 5.41) is 2.95. The molecule has 4 aromatic rings. The molecule has 0 aliphatic rings. The third-order valence-corrected chi connectivity index (χ3v) is 7.72. The minimum Gasteiger partial charge on any atom is -0.322 e. The molecule has 36 heavy (non-hydrogen) atoms. The van der Waals surface area contributed by atoms with Gasteiger partial charge in [0.15, 0.2) is 0 Å². The molecule has 0 spiro atoms. The smallest absolute Gasteiger partial charge is 0.255 e.